The highest BCUT2D eigenvalue weighted by Gasteiger charge is 2.51. The molecule has 0 unspecified atom stereocenters. The van der Waals surface area contributed by atoms with Crippen molar-refractivity contribution in [2.75, 3.05) is 0 Å². The van der Waals surface area contributed by atoms with Gasteiger partial charge in [0.15, 0.2) is 0 Å². The van der Waals surface area contributed by atoms with E-state index < -0.39 is 0 Å². The Morgan fingerprint density at radius 1 is 0.957 bits per heavy atom. The Bertz CT molecular complexity index is 649. The van der Waals surface area contributed by atoms with Crippen LogP contribution in [0.25, 0.3) is 0 Å². The van der Waals surface area contributed by atoms with Crippen molar-refractivity contribution in [3.05, 3.63) is 29.3 Å². The average molecular weight is 312 g/mol. The lowest BCUT2D eigenvalue weighted by molar-refractivity contribution is -0.123. The predicted octanol–water partition coefficient (Wildman–Crippen LogP) is 2.68. The Labute approximate surface area is 138 Å². The van der Waals surface area contributed by atoms with Gasteiger partial charge in [0, 0.05) is 11.8 Å². The highest BCUT2D eigenvalue weighted by molar-refractivity contribution is 6.62. The fourth-order valence-electron chi connectivity index (χ4n) is 4.12. The number of benzene rings is 1. The maximum absolute atomic E-state index is 12.3. The zero-order valence-corrected chi connectivity index (χ0v) is 14.5. The highest BCUT2D eigenvalue weighted by Crippen LogP contribution is 2.38. The van der Waals surface area contributed by atoms with Gasteiger partial charge in [0.1, 0.15) is 5.78 Å². The topological polar surface area (TPSA) is 35.5 Å². The van der Waals surface area contributed by atoms with Crippen molar-refractivity contribution in [1.29, 1.82) is 0 Å². The Morgan fingerprint density at radius 3 is 2.13 bits per heavy atom. The molecule has 23 heavy (non-hydrogen) atoms. The second kappa shape index (κ2) is 4.94. The van der Waals surface area contributed by atoms with Crippen LogP contribution in [0.5, 0.6) is 0 Å². The minimum absolute atomic E-state index is 0.231. The summed E-state index contributed by atoms with van der Waals surface area (Å²) in [7, 11) is -0.318. The van der Waals surface area contributed by atoms with Crippen LogP contribution in [0.4, 0.5) is 0 Å². The molecule has 0 aromatic heterocycles. The zero-order valence-electron chi connectivity index (χ0n) is 14.5. The van der Waals surface area contributed by atoms with Crippen molar-refractivity contribution in [2.24, 2.45) is 11.8 Å². The van der Waals surface area contributed by atoms with Crippen molar-refractivity contribution in [3.8, 4) is 0 Å². The molecule has 1 saturated carbocycles. The molecule has 1 saturated heterocycles. The molecule has 2 bridgehead atoms. The number of ketones is 1. The predicted molar refractivity (Wildman–Crippen MR) is 90.8 cm³/mol. The molecule has 1 aromatic rings. The SMILES string of the molecule is CC1(C)OB(c2ccc3c(c2)C[C@H]2CC[C@@H](C3)C2=O)OC1(C)C. The van der Waals surface area contributed by atoms with Gasteiger partial charge in [-0.2, -0.15) is 0 Å². The maximum atomic E-state index is 12.3. The lowest BCUT2D eigenvalue weighted by atomic mass is 9.76. The van der Waals surface area contributed by atoms with Gasteiger partial charge in [0.05, 0.1) is 11.2 Å². The van der Waals surface area contributed by atoms with E-state index in [0.29, 0.717) is 5.78 Å². The first-order valence-electron chi connectivity index (χ1n) is 8.78. The smallest absolute Gasteiger partial charge is 0.399 e. The second-order valence-corrected chi connectivity index (χ2v) is 8.40. The molecule has 0 spiro atoms. The Morgan fingerprint density at radius 2 is 1.52 bits per heavy atom. The third kappa shape index (κ3) is 2.38. The number of carbonyl (C=O) groups excluding carboxylic acids is 1. The summed E-state index contributed by atoms with van der Waals surface area (Å²) in [5.74, 6) is 0.970. The van der Waals surface area contributed by atoms with Gasteiger partial charge in [-0.05, 0) is 70.0 Å². The lowest BCUT2D eigenvalue weighted by Crippen LogP contribution is -2.41. The normalized spacial score (nSPS) is 31.1. The van der Waals surface area contributed by atoms with E-state index >= 15 is 0 Å². The molecule has 0 N–H and O–H groups in total. The second-order valence-electron chi connectivity index (χ2n) is 8.40. The van der Waals surface area contributed by atoms with Crippen LogP contribution in [-0.4, -0.2) is 24.1 Å². The van der Waals surface area contributed by atoms with Crippen LogP contribution >= 0.6 is 0 Å². The van der Waals surface area contributed by atoms with Crippen LogP contribution in [0.15, 0.2) is 18.2 Å². The molecule has 3 aliphatic rings. The van der Waals surface area contributed by atoms with Gasteiger partial charge in [0.25, 0.3) is 0 Å². The molecule has 0 radical (unpaired) electrons. The molecule has 3 nitrogen and oxygen atoms in total. The first kappa shape index (κ1) is 15.4. The van der Waals surface area contributed by atoms with E-state index in [1.807, 2.05) is 0 Å². The summed E-state index contributed by atoms with van der Waals surface area (Å²) in [5, 5.41) is 0. The molecule has 1 aromatic carbocycles. The average Bonchev–Trinajstić information content (AvgIpc) is 2.83. The van der Waals surface area contributed by atoms with Gasteiger partial charge < -0.3 is 9.31 Å². The third-order valence-corrected chi connectivity index (χ3v) is 6.36. The quantitative estimate of drug-likeness (QED) is 0.748. The van der Waals surface area contributed by atoms with Gasteiger partial charge in [-0.25, -0.2) is 0 Å². The first-order valence-corrected chi connectivity index (χ1v) is 8.78. The summed E-state index contributed by atoms with van der Waals surface area (Å²) in [5.41, 5.74) is 3.09. The van der Waals surface area contributed by atoms with Crippen molar-refractivity contribution in [1.82, 2.24) is 0 Å². The monoisotopic (exact) mass is 312 g/mol. The fourth-order valence-corrected chi connectivity index (χ4v) is 4.12. The van der Waals surface area contributed by atoms with E-state index in [2.05, 4.69) is 45.9 Å². The molecule has 122 valence electrons. The third-order valence-electron chi connectivity index (χ3n) is 6.36. The minimum atomic E-state index is -0.320. The number of Topliss-reactive ketones (excluding diaryl/α,β-unsaturated/α-hetero) is 1. The highest BCUT2D eigenvalue weighted by atomic mass is 16.7. The van der Waals surface area contributed by atoms with Gasteiger partial charge in [-0.1, -0.05) is 18.2 Å². The molecule has 1 heterocycles. The van der Waals surface area contributed by atoms with Gasteiger partial charge in [-0.3, -0.25) is 4.79 Å². The van der Waals surface area contributed by atoms with E-state index in [1.54, 1.807) is 0 Å². The largest absolute Gasteiger partial charge is 0.494 e. The van der Waals surface area contributed by atoms with E-state index in [4.69, 9.17) is 9.31 Å². The number of fused-ring (bicyclic) bond motifs is 3. The summed E-state index contributed by atoms with van der Waals surface area (Å²) < 4.78 is 12.3. The fraction of sp³-hybridized carbons (Fsp3) is 0.632. The van der Waals surface area contributed by atoms with E-state index in [-0.39, 0.29) is 30.2 Å². The molecule has 4 rings (SSSR count). The van der Waals surface area contributed by atoms with E-state index in [0.717, 1.165) is 31.1 Å². The van der Waals surface area contributed by atoms with Crippen LogP contribution in [-0.2, 0) is 26.9 Å². The molecule has 0 amide bonds. The van der Waals surface area contributed by atoms with Crippen LogP contribution in [0, 0.1) is 11.8 Å². The Kier molecular flexibility index (Phi) is 3.31. The summed E-state index contributed by atoms with van der Waals surface area (Å²) in [4.78, 5) is 12.3. The standard InChI is InChI=1S/C19H25BO3/c1-18(2)19(3,4)23-20(22-18)16-8-7-12-9-13-5-6-14(17(13)21)10-15(12)11-16/h7-8,11,13-14H,5-6,9-10H2,1-4H3/t13-,14+/m0/s1. The van der Waals surface area contributed by atoms with E-state index in [1.165, 1.54) is 11.1 Å². The summed E-state index contributed by atoms with van der Waals surface area (Å²) in [6.45, 7) is 8.31. The molecular weight excluding hydrogens is 287 g/mol. The maximum Gasteiger partial charge on any atom is 0.494 e. The van der Waals surface area contributed by atoms with Crippen molar-refractivity contribution < 1.29 is 14.1 Å². The molecule has 2 aliphatic carbocycles. The number of rotatable bonds is 1. The summed E-state index contributed by atoms with van der Waals surface area (Å²) >= 11 is 0. The van der Waals surface area contributed by atoms with E-state index in [9.17, 15) is 4.79 Å². The Balaban J connectivity index is 1.64. The van der Waals surface area contributed by atoms with Gasteiger partial charge in [0.2, 0.25) is 0 Å². The molecule has 2 fully saturated rings. The van der Waals surface area contributed by atoms with Crippen LogP contribution in [0.2, 0.25) is 0 Å². The number of hydrogen-bond donors (Lipinski definition) is 0. The minimum Gasteiger partial charge on any atom is -0.399 e. The molecular formula is C19H25BO3. The van der Waals surface area contributed by atoms with Crippen LogP contribution in [0.1, 0.15) is 51.7 Å². The lowest BCUT2D eigenvalue weighted by Gasteiger charge is -2.32. The van der Waals surface area contributed by atoms with Crippen molar-refractivity contribution in [3.63, 3.8) is 0 Å². The molecule has 2 atom stereocenters. The van der Waals surface area contributed by atoms with Gasteiger partial charge in [-0.15, -0.1) is 0 Å². The molecule has 4 heteroatoms. The molecule has 1 aliphatic heterocycles. The van der Waals surface area contributed by atoms with Gasteiger partial charge >= 0.3 is 7.12 Å². The number of hydrogen-bond acceptors (Lipinski definition) is 3. The van der Waals surface area contributed by atoms with Crippen molar-refractivity contribution in [2.45, 2.75) is 64.6 Å². The summed E-state index contributed by atoms with van der Waals surface area (Å²) in [6.07, 6.45) is 3.93. The number of carbonyl (C=O) groups is 1. The van der Waals surface area contributed by atoms with Crippen molar-refractivity contribution >= 4 is 18.4 Å². The Hall–Kier alpha value is -1.13. The van der Waals surface area contributed by atoms with Crippen LogP contribution in [0.3, 0.4) is 0 Å². The zero-order chi connectivity index (χ0) is 16.4. The summed E-state index contributed by atoms with van der Waals surface area (Å²) in [6, 6.07) is 6.51. The van der Waals surface area contributed by atoms with Crippen LogP contribution < -0.4 is 5.46 Å². The first-order chi connectivity index (χ1) is 10.8.